The van der Waals surface area contributed by atoms with Crippen molar-refractivity contribution in [2.75, 3.05) is 13.7 Å². The molecule has 0 aromatic heterocycles. The van der Waals surface area contributed by atoms with E-state index in [1.54, 1.807) is 0 Å². The van der Waals surface area contributed by atoms with Crippen LogP contribution in [0.3, 0.4) is 0 Å². The molecule has 2 rings (SSSR count). The highest BCUT2D eigenvalue weighted by Gasteiger charge is 2.16. The zero-order valence-corrected chi connectivity index (χ0v) is 15.2. The third-order valence-electron chi connectivity index (χ3n) is 3.48. The monoisotopic (exact) mass is 367 g/mol. The quantitative estimate of drug-likeness (QED) is 0.790. The number of amides is 1. The largest absolute Gasteiger partial charge is 0.494 e. The lowest BCUT2D eigenvalue weighted by Gasteiger charge is -2.16. The van der Waals surface area contributed by atoms with Gasteiger partial charge in [-0.3, -0.25) is 4.79 Å². The van der Waals surface area contributed by atoms with E-state index in [-0.39, 0.29) is 11.9 Å². The number of ether oxygens (including phenoxy) is 2. The summed E-state index contributed by atoms with van der Waals surface area (Å²) in [6.07, 6.45) is 0. The number of carbonyl (C=O) groups excluding carboxylic acids is 1. The van der Waals surface area contributed by atoms with E-state index in [0.29, 0.717) is 28.0 Å². The smallest absolute Gasteiger partial charge is 0.251 e. The third-order valence-corrected chi connectivity index (χ3v) is 4.04. The Balaban J connectivity index is 2.16. The van der Waals surface area contributed by atoms with Crippen LogP contribution in [0.15, 0.2) is 36.4 Å². The number of hydrogen-bond acceptors (Lipinski definition) is 3. The highest BCUT2D eigenvalue weighted by atomic mass is 35.5. The molecule has 4 nitrogen and oxygen atoms in total. The van der Waals surface area contributed by atoms with Crippen molar-refractivity contribution in [2.24, 2.45) is 0 Å². The molecule has 0 radical (unpaired) electrons. The molecule has 0 spiro atoms. The molecule has 24 heavy (non-hydrogen) atoms. The summed E-state index contributed by atoms with van der Waals surface area (Å²) in [6.45, 7) is 4.41. The van der Waals surface area contributed by atoms with E-state index in [9.17, 15) is 4.79 Å². The number of nitrogens with one attached hydrogen (secondary N) is 1. The first-order chi connectivity index (χ1) is 11.5. The van der Waals surface area contributed by atoms with Crippen molar-refractivity contribution >= 4 is 29.1 Å². The van der Waals surface area contributed by atoms with Crippen LogP contribution in [-0.2, 0) is 0 Å². The van der Waals surface area contributed by atoms with Gasteiger partial charge in [-0.05, 0) is 43.7 Å². The van der Waals surface area contributed by atoms with Crippen LogP contribution in [0.5, 0.6) is 11.5 Å². The van der Waals surface area contributed by atoms with Gasteiger partial charge in [0.2, 0.25) is 0 Å². The summed E-state index contributed by atoms with van der Waals surface area (Å²) in [7, 11) is 1.47. The first kappa shape index (κ1) is 18.4. The molecular weight excluding hydrogens is 349 g/mol. The van der Waals surface area contributed by atoms with Gasteiger partial charge in [-0.25, -0.2) is 0 Å². The molecule has 0 aliphatic rings. The molecule has 0 aliphatic heterocycles. The molecule has 0 bridgehead atoms. The van der Waals surface area contributed by atoms with Crippen molar-refractivity contribution in [1.29, 1.82) is 0 Å². The zero-order valence-electron chi connectivity index (χ0n) is 13.7. The Bertz CT molecular complexity index is 711. The highest BCUT2D eigenvalue weighted by molar-refractivity contribution is 6.37. The molecule has 2 aromatic rings. The summed E-state index contributed by atoms with van der Waals surface area (Å²) in [5.41, 5.74) is 1.32. The maximum Gasteiger partial charge on any atom is 0.251 e. The van der Waals surface area contributed by atoms with Gasteiger partial charge in [0.25, 0.3) is 5.91 Å². The summed E-state index contributed by atoms with van der Waals surface area (Å²) in [5.74, 6) is 0.856. The molecule has 1 amide bonds. The normalized spacial score (nSPS) is 11.7. The van der Waals surface area contributed by atoms with E-state index in [1.807, 2.05) is 38.1 Å². The van der Waals surface area contributed by atoms with Crippen LogP contribution in [0.25, 0.3) is 0 Å². The minimum absolute atomic E-state index is 0.197. The Hall–Kier alpha value is -1.91. The molecule has 128 valence electrons. The second-order valence-electron chi connectivity index (χ2n) is 5.17. The Morgan fingerprint density at radius 2 is 1.88 bits per heavy atom. The Kier molecular flexibility index (Phi) is 6.35. The van der Waals surface area contributed by atoms with Crippen molar-refractivity contribution in [3.05, 3.63) is 57.6 Å². The van der Waals surface area contributed by atoms with Gasteiger partial charge in [0.15, 0.2) is 5.75 Å². The lowest BCUT2D eigenvalue weighted by atomic mass is 10.1. The van der Waals surface area contributed by atoms with E-state index < -0.39 is 0 Å². The van der Waals surface area contributed by atoms with Crippen molar-refractivity contribution in [1.82, 2.24) is 5.32 Å². The van der Waals surface area contributed by atoms with E-state index in [4.69, 9.17) is 32.7 Å². The van der Waals surface area contributed by atoms with Crippen LogP contribution >= 0.6 is 23.2 Å². The van der Waals surface area contributed by atoms with E-state index in [0.717, 1.165) is 11.3 Å². The van der Waals surface area contributed by atoms with Crippen molar-refractivity contribution in [2.45, 2.75) is 19.9 Å². The molecule has 0 fully saturated rings. The van der Waals surface area contributed by atoms with Crippen molar-refractivity contribution in [3.8, 4) is 11.5 Å². The van der Waals surface area contributed by atoms with Crippen LogP contribution in [0.2, 0.25) is 10.0 Å². The summed E-state index contributed by atoms with van der Waals surface area (Å²) in [6, 6.07) is 10.5. The first-order valence-electron chi connectivity index (χ1n) is 7.53. The summed E-state index contributed by atoms with van der Waals surface area (Å²) >= 11 is 12.2. The number of carbonyl (C=O) groups is 1. The van der Waals surface area contributed by atoms with Gasteiger partial charge in [0.05, 0.1) is 29.8 Å². The predicted molar refractivity (Wildman–Crippen MR) is 96.5 cm³/mol. The lowest BCUT2D eigenvalue weighted by Crippen LogP contribution is -2.26. The second kappa shape index (κ2) is 8.27. The van der Waals surface area contributed by atoms with Crippen LogP contribution < -0.4 is 14.8 Å². The lowest BCUT2D eigenvalue weighted by molar-refractivity contribution is 0.0939. The number of halogens is 2. The average molecular weight is 368 g/mol. The summed E-state index contributed by atoms with van der Waals surface area (Å²) in [5, 5.41) is 3.51. The Morgan fingerprint density at radius 3 is 2.46 bits per heavy atom. The summed E-state index contributed by atoms with van der Waals surface area (Å²) < 4.78 is 10.6. The molecular formula is C18H19Cl2NO3. The Labute approximate surface area is 151 Å². The maximum absolute atomic E-state index is 12.4. The number of methoxy groups -OCH3 is 1. The third kappa shape index (κ3) is 4.34. The summed E-state index contributed by atoms with van der Waals surface area (Å²) in [4.78, 5) is 12.4. The average Bonchev–Trinajstić information content (AvgIpc) is 2.55. The molecule has 1 N–H and O–H groups in total. The standard InChI is InChI=1S/C18H19Cl2NO3/c1-4-24-14-7-5-6-12(8-14)11(2)21-18(22)13-9-15(19)17(23-3)16(20)10-13/h5-11H,4H2,1-3H3,(H,21,22). The van der Waals surface area contributed by atoms with Gasteiger partial charge in [-0.1, -0.05) is 35.3 Å². The maximum atomic E-state index is 12.4. The van der Waals surface area contributed by atoms with Crippen LogP contribution in [0.1, 0.15) is 35.8 Å². The van der Waals surface area contributed by atoms with Crippen LogP contribution in [0, 0.1) is 0 Å². The van der Waals surface area contributed by atoms with E-state index in [2.05, 4.69) is 5.32 Å². The van der Waals surface area contributed by atoms with E-state index >= 15 is 0 Å². The number of hydrogen-bond donors (Lipinski definition) is 1. The van der Waals surface area contributed by atoms with Crippen LogP contribution in [-0.4, -0.2) is 19.6 Å². The SMILES string of the molecule is CCOc1cccc(C(C)NC(=O)c2cc(Cl)c(OC)c(Cl)c2)c1. The van der Waals surface area contributed by atoms with Crippen LogP contribution in [0.4, 0.5) is 0 Å². The fraction of sp³-hybridized carbons (Fsp3) is 0.278. The molecule has 6 heteroatoms. The number of rotatable bonds is 6. The van der Waals surface area contributed by atoms with Gasteiger partial charge in [-0.2, -0.15) is 0 Å². The topological polar surface area (TPSA) is 47.6 Å². The zero-order chi connectivity index (χ0) is 17.7. The molecule has 0 heterocycles. The van der Waals surface area contributed by atoms with Crippen molar-refractivity contribution in [3.63, 3.8) is 0 Å². The molecule has 0 saturated carbocycles. The minimum Gasteiger partial charge on any atom is -0.494 e. The fourth-order valence-corrected chi connectivity index (χ4v) is 2.93. The molecule has 0 aliphatic carbocycles. The molecule has 1 unspecified atom stereocenters. The van der Waals surface area contributed by atoms with Gasteiger partial charge in [0.1, 0.15) is 5.75 Å². The van der Waals surface area contributed by atoms with Gasteiger partial charge in [-0.15, -0.1) is 0 Å². The van der Waals surface area contributed by atoms with Gasteiger partial charge in [0, 0.05) is 5.56 Å². The van der Waals surface area contributed by atoms with Crippen molar-refractivity contribution < 1.29 is 14.3 Å². The van der Waals surface area contributed by atoms with Gasteiger partial charge >= 0.3 is 0 Å². The minimum atomic E-state index is -0.268. The highest BCUT2D eigenvalue weighted by Crippen LogP contribution is 2.34. The van der Waals surface area contributed by atoms with E-state index in [1.165, 1.54) is 19.2 Å². The Morgan fingerprint density at radius 1 is 1.21 bits per heavy atom. The second-order valence-corrected chi connectivity index (χ2v) is 5.99. The van der Waals surface area contributed by atoms with Gasteiger partial charge < -0.3 is 14.8 Å². The molecule has 0 saturated heterocycles. The number of benzene rings is 2. The first-order valence-corrected chi connectivity index (χ1v) is 8.28. The predicted octanol–water partition coefficient (Wildman–Crippen LogP) is 4.89. The molecule has 1 atom stereocenters. The molecule has 2 aromatic carbocycles. The fourth-order valence-electron chi connectivity index (χ4n) is 2.29.